The molecule has 4 rings (SSSR count). The van der Waals surface area contributed by atoms with Crippen LogP contribution >= 0.6 is 11.6 Å². The van der Waals surface area contributed by atoms with Crippen LogP contribution in [0.3, 0.4) is 0 Å². The van der Waals surface area contributed by atoms with Crippen molar-refractivity contribution in [1.82, 2.24) is 4.90 Å². The van der Waals surface area contributed by atoms with E-state index in [1.54, 1.807) is 42.5 Å². The number of hydrogen-bond donors (Lipinski definition) is 0. The molecule has 0 aromatic heterocycles. The number of esters is 1. The van der Waals surface area contributed by atoms with Crippen molar-refractivity contribution in [2.24, 2.45) is 0 Å². The van der Waals surface area contributed by atoms with Crippen LogP contribution in [0.4, 0.5) is 5.69 Å². The number of benzene rings is 3. The minimum absolute atomic E-state index is 0.0648. The number of carbonyl (C=O) groups is 4. The molecule has 0 spiro atoms. The molecule has 0 aliphatic carbocycles. The Labute approximate surface area is 207 Å². The van der Waals surface area contributed by atoms with Gasteiger partial charge in [0, 0.05) is 24.1 Å². The molecule has 3 aromatic rings. The molecule has 1 atom stereocenters. The van der Waals surface area contributed by atoms with E-state index in [-0.39, 0.29) is 18.9 Å². The van der Waals surface area contributed by atoms with Crippen molar-refractivity contribution in [2.75, 3.05) is 4.90 Å². The van der Waals surface area contributed by atoms with Gasteiger partial charge in [0.15, 0.2) is 0 Å². The fraction of sp³-hybridized carbons (Fsp3) is 0.185. The third kappa shape index (κ3) is 5.25. The van der Waals surface area contributed by atoms with E-state index in [9.17, 15) is 19.2 Å². The first-order valence-corrected chi connectivity index (χ1v) is 11.4. The quantitative estimate of drug-likeness (QED) is 0.287. The highest BCUT2D eigenvalue weighted by Crippen LogP contribution is 2.30. The van der Waals surface area contributed by atoms with Gasteiger partial charge in [-0.05, 0) is 55.0 Å². The molecule has 7 nitrogen and oxygen atoms in total. The smallest absolute Gasteiger partial charge is 0.308 e. The Kier molecular flexibility index (Phi) is 6.98. The highest BCUT2D eigenvalue weighted by atomic mass is 35.5. The molecule has 1 unspecified atom stereocenters. The summed E-state index contributed by atoms with van der Waals surface area (Å²) in [6.45, 7) is 3.22. The molecule has 1 aliphatic heterocycles. The molecule has 178 valence electrons. The zero-order chi connectivity index (χ0) is 25.1. The maximum atomic E-state index is 13.6. The number of anilines is 1. The largest absolute Gasteiger partial charge is 0.427 e. The van der Waals surface area contributed by atoms with Crippen molar-refractivity contribution < 1.29 is 23.9 Å². The zero-order valence-corrected chi connectivity index (χ0v) is 20.0. The maximum absolute atomic E-state index is 13.6. The minimum Gasteiger partial charge on any atom is -0.427 e. The van der Waals surface area contributed by atoms with Crippen LogP contribution in [-0.2, 0) is 20.9 Å². The summed E-state index contributed by atoms with van der Waals surface area (Å²) in [6, 6.07) is 19.2. The Morgan fingerprint density at radius 2 is 1.74 bits per heavy atom. The van der Waals surface area contributed by atoms with Crippen molar-refractivity contribution in [3.05, 3.63) is 94.5 Å². The predicted octanol–water partition coefficient (Wildman–Crippen LogP) is 4.55. The van der Waals surface area contributed by atoms with Gasteiger partial charge in [0.25, 0.3) is 11.8 Å². The molecule has 3 amide bonds. The summed E-state index contributed by atoms with van der Waals surface area (Å²) in [5.74, 6) is -1.49. The van der Waals surface area contributed by atoms with Crippen molar-refractivity contribution in [2.45, 2.75) is 32.9 Å². The van der Waals surface area contributed by atoms with E-state index < -0.39 is 23.8 Å². The van der Waals surface area contributed by atoms with Crippen molar-refractivity contribution in [3.63, 3.8) is 0 Å². The Balaban J connectivity index is 1.67. The summed E-state index contributed by atoms with van der Waals surface area (Å²) in [5, 5.41) is 0.462. The molecule has 8 heteroatoms. The SMILES string of the molecule is CC(=O)Oc1ccc(N2C(=O)CC(N(Cc3ccccc3Cl)C(=O)c3cccc(C)c3)C2=O)cc1. The van der Waals surface area contributed by atoms with E-state index in [1.807, 2.05) is 13.0 Å². The summed E-state index contributed by atoms with van der Waals surface area (Å²) in [5.41, 5.74) is 2.32. The molecule has 35 heavy (non-hydrogen) atoms. The fourth-order valence-corrected chi connectivity index (χ4v) is 4.23. The van der Waals surface area contributed by atoms with E-state index in [4.69, 9.17) is 16.3 Å². The maximum Gasteiger partial charge on any atom is 0.308 e. The lowest BCUT2D eigenvalue weighted by molar-refractivity contribution is -0.132. The first kappa shape index (κ1) is 24.2. The lowest BCUT2D eigenvalue weighted by Crippen LogP contribution is -2.45. The topological polar surface area (TPSA) is 84.0 Å². The highest BCUT2D eigenvalue weighted by Gasteiger charge is 2.44. The Bertz CT molecular complexity index is 1300. The molecule has 3 aromatic carbocycles. The summed E-state index contributed by atoms with van der Waals surface area (Å²) in [4.78, 5) is 53.7. The Morgan fingerprint density at radius 1 is 1.03 bits per heavy atom. The van der Waals surface area contributed by atoms with Crippen LogP contribution < -0.4 is 9.64 Å². The van der Waals surface area contributed by atoms with Crippen molar-refractivity contribution in [1.29, 1.82) is 0 Å². The summed E-state index contributed by atoms with van der Waals surface area (Å²) in [7, 11) is 0. The molecule has 1 aliphatic rings. The second-order valence-corrected chi connectivity index (χ2v) is 8.68. The standard InChI is InChI=1S/C27H23ClN2O5/c1-17-6-5-8-19(14-17)26(33)29(16-20-7-3-4-9-23(20)28)24-15-25(32)30(27(24)34)21-10-12-22(13-11-21)35-18(2)31/h3-14,24H,15-16H2,1-2H3. The molecular formula is C27H23ClN2O5. The average Bonchev–Trinajstić information content (AvgIpc) is 3.12. The van der Waals surface area contributed by atoms with E-state index in [1.165, 1.54) is 36.1 Å². The van der Waals surface area contributed by atoms with Gasteiger partial charge >= 0.3 is 5.97 Å². The summed E-state index contributed by atoms with van der Waals surface area (Å²) >= 11 is 6.36. The molecule has 1 fully saturated rings. The number of nitrogens with zero attached hydrogens (tertiary/aromatic N) is 2. The normalized spacial score (nSPS) is 15.3. The number of rotatable bonds is 6. The summed E-state index contributed by atoms with van der Waals surface area (Å²) in [6.07, 6.45) is -0.160. The van der Waals surface area contributed by atoms with Crippen molar-refractivity contribution in [3.8, 4) is 5.75 Å². The second-order valence-electron chi connectivity index (χ2n) is 8.27. The monoisotopic (exact) mass is 490 g/mol. The van der Waals surface area contributed by atoms with Gasteiger partial charge in [0.1, 0.15) is 11.8 Å². The second kappa shape index (κ2) is 10.1. The Morgan fingerprint density at radius 3 is 2.40 bits per heavy atom. The van der Waals surface area contributed by atoms with Crippen LogP contribution in [0.25, 0.3) is 0 Å². The van der Waals surface area contributed by atoms with Crippen LogP contribution in [0.15, 0.2) is 72.8 Å². The average molecular weight is 491 g/mol. The van der Waals surface area contributed by atoms with Gasteiger partial charge in [0.2, 0.25) is 5.91 Å². The van der Waals surface area contributed by atoms with Crippen LogP contribution in [0.1, 0.15) is 34.8 Å². The fourth-order valence-electron chi connectivity index (χ4n) is 4.04. The van der Waals surface area contributed by atoms with E-state index in [2.05, 4.69) is 0 Å². The summed E-state index contributed by atoms with van der Waals surface area (Å²) < 4.78 is 5.02. The molecule has 0 radical (unpaired) electrons. The number of carbonyl (C=O) groups excluding carboxylic acids is 4. The molecule has 0 saturated carbocycles. The molecule has 0 bridgehead atoms. The van der Waals surface area contributed by atoms with Gasteiger partial charge in [-0.1, -0.05) is 47.5 Å². The number of halogens is 1. The number of amides is 3. The first-order valence-electron chi connectivity index (χ1n) is 11.0. The molecular weight excluding hydrogens is 468 g/mol. The third-order valence-corrected chi connectivity index (χ3v) is 6.05. The lowest BCUT2D eigenvalue weighted by atomic mass is 10.1. The van der Waals surface area contributed by atoms with E-state index in [0.29, 0.717) is 27.6 Å². The Hall–Kier alpha value is -3.97. The first-order chi connectivity index (χ1) is 16.7. The zero-order valence-electron chi connectivity index (χ0n) is 19.2. The van der Waals surface area contributed by atoms with Gasteiger partial charge < -0.3 is 9.64 Å². The highest BCUT2D eigenvalue weighted by molar-refractivity contribution is 6.31. The number of hydrogen-bond acceptors (Lipinski definition) is 5. The van der Waals surface area contributed by atoms with Gasteiger partial charge in [-0.25, -0.2) is 4.90 Å². The number of imide groups is 1. The van der Waals surface area contributed by atoms with Crippen LogP contribution in [0.2, 0.25) is 5.02 Å². The lowest BCUT2D eigenvalue weighted by Gasteiger charge is -2.28. The molecule has 0 N–H and O–H groups in total. The van der Waals surface area contributed by atoms with Crippen LogP contribution in [0, 0.1) is 6.92 Å². The van der Waals surface area contributed by atoms with E-state index in [0.717, 1.165) is 10.5 Å². The van der Waals surface area contributed by atoms with Crippen molar-refractivity contribution >= 4 is 41.0 Å². The van der Waals surface area contributed by atoms with Gasteiger partial charge in [0.05, 0.1) is 12.1 Å². The predicted molar refractivity (Wildman–Crippen MR) is 131 cm³/mol. The van der Waals surface area contributed by atoms with Gasteiger partial charge in [-0.2, -0.15) is 0 Å². The van der Waals surface area contributed by atoms with Gasteiger partial charge in [-0.15, -0.1) is 0 Å². The van der Waals surface area contributed by atoms with Crippen LogP contribution in [0.5, 0.6) is 5.75 Å². The van der Waals surface area contributed by atoms with Crippen LogP contribution in [-0.4, -0.2) is 34.6 Å². The number of ether oxygens (including phenoxy) is 1. The van der Waals surface area contributed by atoms with E-state index >= 15 is 0 Å². The third-order valence-electron chi connectivity index (χ3n) is 5.68. The minimum atomic E-state index is -1.00. The molecule has 1 saturated heterocycles. The number of aryl methyl sites for hydroxylation is 1. The van der Waals surface area contributed by atoms with Gasteiger partial charge in [-0.3, -0.25) is 19.2 Å². The molecule has 1 heterocycles.